The minimum atomic E-state index is 0. The smallest absolute Gasteiger partial charge is 0.226 e. The summed E-state index contributed by atoms with van der Waals surface area (Å²) in [5.74, 6) is 1.35. The number of nitrogens with zero attached hydrogens (tertiary/aromatic N) is 2. The van der Waals surface area contributed by atoms with Gasteiger partial charge in [-0.25, -0.2) is 4.98 Å². The van der Waals surface area contributed by atoms with E-state index in [-0.39, 0.29) is 24.0 Å². The van der Waals surface area contributed by atoms with Crippen LogP contribution in [0.15, 0.2) is 52.1 Å². The van der Waals surface area contributed by atoms with E-state index in [0.717, 1.165) is 34.5 Å². The quantitative estimate of drug-likeness (QED) is 0.278. The molecule has 0 aliphatic rings. The van der Waals surface area contributed by atoms with E-state index in [2.05, 4.69) is 27.5 Å². The summed E-state index contributed by atoms with van der Waals surface area (Å²) < 4.78 is 6.39. The topological polar surface area (TPSA) is 62.5 Å². The van der Waals surface area contributed by atoms with Gasteiger partial charge in [0.25, 0.3) is 0 Å². The number of rotatable bonds is 6. The van der Waals surface area contributed by atoms with Crippen molar-refractivity contribution in [1.82, 2.24) is 15.6 Å². The zero-order valence-electron chi connectivity index (χ0n) is 15.2. The molecule has 27 heavy (non-hydrogen) atoms. The molecule has 0 aliphatic carbocycles. The molecule has 2 heterocycles. The van der Waals surface area contributed by atoms with Crippen molar-refractivity contribution in [2.75, 3.05) is 13.6 Å². The van der Waals surface area contributed by atoms with Gasteiger partial charge >= 0.3 is 0 Å². The fourth-order valence-electron chi connectivity index (χ4n) is 2.40. The first-order valence-corrected chi connectivity index (χ1v) is 9.53. The third-order valence-electron chi connectivity index (χ3n) is 3.80. The predicted octanol–water partition coefficient (Wildman–Crippen LogP) is 4.89. The van der Waals surface area contributed by atoms with Crippen molar-refractivity contribution in [2.45, 2.75) is 19.9 Å². The Hall–Kier alpha value is -1.58. The van der Waals surface area contributed by atoms with E-state index in [1.54, 1.807) is 24.6 Å². The number of nitrogens with one attached hydrogen (secondary N) is 2. The lowest BCUT2D eigenvalue weighted by atomic mass is 10.1. The number of benzene rings is 1. The number of hydrogen-bond donors (Lipinski definition) is 2. The monoisotopic (exact) mass is 516 g/mol. The van der Waals surface area contributed by atoms with Gasteiger partial charge in [0.05, 0.1) is 16.6 Å². The average Bonchev–Trinajstić information content (AvgIpc) is 3.28. The Kier molecular flexibility index (Phi) is 8.59. The highest BCUT2D eigenvalue weighted by atomic mass is 127. The van der Waals surface area contributed by atoms with Gasteiger partial charge in [-0.1, -0.05) is 29.3 Å². The standard InChI is InChI=1S/C19H21ClN4OS.HI/c1-13-3-5-14(6-4-13)18-24-15(12-25-18)11-23-19(21-2)22-10-9-16-7-8-17(20)26-16;/h3-8,12H,9-11H2,1-2H3,(H2,21,22,23);1H. The number of halogens is 2. The van der Waals surface area contributed by atoms with Gasteiger partial charge in [-0.2, -0.15) is 0 Å². The van der Waals surface area contributed by atoms with Crippen LogP contribution in [0.2, 0.25) is 4.34 Å². The third-order valence-corrected chi connectivity index (χ3v) is 5.09. The lowest BCUT2D eigenvalue weighted by Crippen LogP contribution is -2.37. The van der Waals surface area contributed by atoms with Crippen molar-refractivity contribution in [3.63, 3.8) is 0 Å². The van der Waals surface area contributed by atoms with E-state index < -0.39 is 0 Å². The molecule has 0 saturated carbocycles. The maximum atomic E-state index is 5.95. The molecule has 2 N–H and O–H groups in total. The van der Waals surface area contributed by atoms with E-state index >= 15 is 0 Å². The highest BCUT2D eigenvalue weighted by Crippen LogP contribution is 2.21. The van der Waals surface area contributed by atoms with Crippen LogP contribution in [0.3, 0.4) is 0 Å². The SMILES string of the molecule is CN=C(NCCc1ccc(Cl)s1)NCc1coc(-c2ccc(C)cc2)n1.I. The molecule has 0 aliphatic heterocycles. The van der Waals surface area contributed by atoms with E-state index in [0.29, 0.717) is 12.4 Å². The van der Waals surface area contributed by atoms with Crippen molar-refractivity contribution in [3.05, 3.63) is 63.1 Å². The molecule has 1 aromatic carbocycles. The summed E-state index contributed by atoms with van der Waals surface area (Å²) in [5.41, 5.74) is 3.01. The zero-order chi connectivity index (χ0) is 18.4. The van der Waals surface area contributed by atoms with Crippen LogP contribution >= 0.6 is 46.9 Å². The van der Waals surface area contributed by atoms with Gasteiger partial charge in [0.2, 0.25) is 5.89 Å². The molecule has 3 rings (SSSR count). The van der Waals surface area contributed by atoms with E-state index in [1.807, 2.05) is 36.4 Å². The van der Waals surface area contributed by atoms with Crippen LogP contribution in [-0.2, 0) is 13.0 Å². The molecule has 0 unspecified atom stereocenters. The van der Waals surface area contributed by atoms with Gasteiger partial charge in [0.15, 0.2) is 5.96 Å². The molecule has 3 aromatic rings. The summed E-state index contributed by atoms with van der Waals surface area (Å²) in [4.78, 5) is 10.00. The number of aromatic nitrogens is 1. The first-order valence-electron chi connectivity index (χ1n) is 8.34. The van der Waals surface area contributed by atoms with E-state index in [9.17, 15) is 0 Å². The molecule has 2 aromatic heterocycles. The summed E-state index contributed by atoms with van der Waals surface area (Å²) >= 11 is 7.55. The molecule has 0 bridgehead atoms. The molecule has 144 valence electrons. The number of hydrogen-bond acceptors (Lipinski definition) is 4. The Balaban J connectivity index is 0.00000261. The molecule has 5 nitrogen and oxygen atoms in total. The fourth-order valence-corrected chi connectivity index (χ4v) is 3.49. The molecule has 0 fully saturated rings. The Bertz CT molecular complexity index is 876. The first kappa shape index (κ1) is 21.7. The van der Waals surface area contributed by atoms with Crippen molar-refractivity contribution < 1.29 is 4.42 Å². The van der Waals surface area contributed by atoms with Crippen LogP contribution in [-0.4, -0.2) is 24.5 Å². The number of oxazole rings is 1. The van der Waals surface area contributed by atoms with Gasteiger partial charge < -0.3 is 15.1 Å². The van der Waals surface area contributed by atoms with Gasteiger partial charge in [-0.3, -0.25) is 4.99 Å². The zero-order valence-corrected chi connectivity index (χ0v) is 19.1. The van der Waals surface area contributed by atoms with E-state index in [1.165, 1.54) is 10.4 Å². The molecular formula is C19H22ClIN4OS. The second kappa shape index (κ2) is 10.7. The largest absolute Gasteiger partial charge is 0.444 e. The number of guanidine groups is 1. The lowest BCUT2D eigenvalue weighted by Gasteiger charge is -2.10. The Morgan fingerprint density at radius 1 is 1.19 bits per heavy atom. The van der Waals surface area contributed by atoms with Gasteiger partial charge in [0, 0.05) is 24.0 Å². The van der Waals surface area contributed by atoms with Crippen LogP contribution in [0.25, 0.3) is 11.5 Å². The normalized spacial score (nSPS) is 11.1. The summed E-state index contributed by atoms with van der Waals surface area (Å²) in [5, 5.41) is 6.53. The highest BCUT2D eigenvalue weighted by Gasteiger charge is 2.07. The average molecular weight is 517 g/mol. The van der Waals surface area contributed by atoms with Crippen molar-refractivity contribution in [3.8, 4) is 11.5 Å². The minimum absolute atomic E-state index is 0. The van der Waals surface area contributed by atoms with Crippen molar-refractivity contribution >= 4 is 52.9 Å². The second-order valence-corrected chi connectivity index (χ2v) is 7.62. The summed E-state index contributed by atoms with van der Waals surface area (Å²) in [6.45, 7) is 3.38. The van der Waals surface area contributed by atoms with Gasteiger partial charge in [0.1, 0.15) is 6.26 Å². The maximum absolute atomic E-state index is 5.95. The van der Waals surface area contributed by atoms with Crippen LogP contribution in [0.4, 0.5) is 0 Å². The molecule has 0 saturated heterocycles. The summed E-state index contributed by atoms with van der Waals surface area (Å²) in [6.07, 6.45) is 2.57. The first-order chi connectivity index (χ1) is 12.6. The fraction of sp³-hybridized carbons (Fsp3) is 0.263. The molecular weight excluding hydrogens is 495 g/mol. The third kappa shape index (κ3) is 6.51. The summed E-state index contributed by atoms with van der Waals surface area (Å²) in [6, 6.07) is 12.1. The Morgan fingerprint density at radius 2 is 1.96 bits per heavy atom. The molecule has 8 heteroatoms. The number of aryl methyl sites for hydroxylation is 1. The number of thiophene rings is 1. The predicted molar refractivity (Wildman–Crippen MR) is 123 cm³/mol. The van der Waals surface area contributed by atoms with Gasteiger partial charge in [-0.05, 0) is 37.6 Å². The molecule has 0 spiro atoms. The Morgan fingerprint density at radius 3 is 2.63 bits per heavy atom. The van der Waals surface area contributed by atoms with Crippen molar-refractivity contribution in [2.24, 2.45) is 4.99 Å². The maximum Gasteiger partial charge on any atom is 0.226 e. The van der Waals surface area contributed by atoms with Gasteiger partial charge in [-0.15, -0.1) is 35.3 Å². The summed E-state index contributed by atoms with van der Waals surface area (Å²) in [7, 11) is 1.75. The molecule has 0 radical (unpaired) electrons. The second-order valence-electron chi connectivity index (χ2n) is 5.82. The highest BCUT2D eigenvalue weighted by molar-refractivity contribution is 14.0. The Labute approximate surface area is 185 Å². The van der Waals surface area contributed by atoms with Crippen molar-refractivity contribution in [1.29, 1.82) is 0 Å². The number of aliphatic imine (C=N–C) groups is 1. The minimum Gasteiger partial charge on any atom is -0.444 e. The molecule has 0 atom stereocenters. The van der Waals surface area contributed by atoms with Crippen LogP contribution < -0.4 is 10.6 Å². The van der Waals surface area contributed by atoms with E-state index in [4.69, 9.17) is 16.0 Å². The van der Waals surface area contributed by atoms with Crippen LogP contribution in [0.5, 0.6) is 0 Å². The van der Waals surface area contributed by atoms with Crippen LogP contribution in [0, 0.1) is 6.92 Å². The molecule has 0 amide bonds. The van der Waals surface area contributed by atoms with Crippen LogP contribution in [0.1, 0.15) is 16.1 Å². The lowest BCUT2D eigenvalue weighted by molar-refractivity contribution is 0.572.